The monoisotopic (exact) mass is 195 g/mol. The highest BCUT2D eigenvalue weighted by atomic mass is 32.2. The molecule has 1 atom stereocenters. The quantitative estimate of drug-likeness (QED) is 0.584. The highest BCUT2D eigenvalue weighted by Crippen LogP contribution is 2.04. The molecule has 72 valence electrons. The Kier molecular flexibility index (Phi) is 3.45. The van der Waals surface area contributed by atoms with E-state index in [1.807, 2.05) is 0 Å². The molecule has 0 aliphatic carbocycles. The predicted molar refractivity (Wildman–Crippen MR) is 43.2 cm³/mol. The molecule has 0 aromatic heterocycles. The Bertz CT molecular complexity index is 220. The molecule has 0 aromatic rings. The molecule has 0 radical (unpaired) electrons. The molecule has 1 unspecified atom stereocenters. The van der Waals surface area contributed by atoms with Gasteiger partial charge in [-0.3, -0.25) is 0 Å². The van der Waals surface area contributed by atoms with Crippen LogP contribution in [0.1, 0.15) is 6.42 Å². The lowest BCUT2D eigenvalue weighted by molar-refractivity contribution is 0.192. The smallest absolute Gasteiger partial charge is 0.214 e. The van der Waals surface area contributed by atoms with Crippen LogP contribution in [0.25, 0.3) is 0 Å². The maximum atomic E-state index is 11.1. The van der Waals surface area contributed by atoms with Gasteiger partial charge in [0, 0.05) is 12.6 Å². The van der Waals surface area contributed by atoms with Gasteiger partial charge in [0.05, 0.1) is 19.0 Å². The molecule has 0 bridgehead atoms. The Morgan fingerprint density at radius 2 is 2.33 bits per heavy atom. The number of hydrogen-bond donors (Lipinski definition) is 2. The summed E-state index contributed by atoms with van der Waals surface area (Å²) in [5.74, 6) is -0.233. The standard InChI is InChI=1S/C6H13NO4S/c8-2-4-12(9,10)7-6-1-3-11-5-6/h6-8H,1-5H2. The summed E-state index contributed by atoms with van der Waals surface area (Å²) in [4.78, 5) is 0. The molecule has 1 saturated heterocycles. The van der Waals surface area contributed by atoms with E-state index in [1.54, 1.807) is 0 Å². The predicted octanol–water partition coefficient (Wildman–Crippen LogP) is -1.31. The Labute approximate surface area is 71.8 Å². The molecule has 1 aliphatic rings. The van der Waals surface area contributed by atoms with Crippen LogP contribution in [0, 0.1) is 0 Å². The topological polar surface area (TPSA) is 75.6 Å². The first-order valence-electron chi connectivity index (χ1n) is 3.82. The van der Waals surface area contributed by atoms with Crippen LogP contribution < -0.4 is 4.72 Å². The van der Waals surface area contributed by atoms with Gasteiger partial charge in [-0.15, -0.1) is 0 Å². The van der Waals surface area contributed by atoms with E-state index in [1.165, 1.54) is 0 Å². The number of nitrogens with one attached hydrogen (secondary N) is 1. The van der Waals surface area contributed by atoms with E-state index in [0.717, 1.165) is 0 Å². The number of ether oxygens (including phenoxy) is 1. The SMILES string of the molecule is O=S(=O)(CCO)NC1CCOC1. The van der Waals surface area contributed by atoms with E-state index in [0.29, 0.717) is 19.6 Å². The summed E-state index contributed by atoms with van der Waals surface area (Å²) in [5.41, 5.74) is 0. The fraction of sp³-hybridized carbons (Fsp3) is 1.00. The second-order valence-corrected chi connectivity index (χ2v) is 4.59. The Hall–Kier alpha value is -0.170. The molecule has 1 rings (SSSR count). The van der Waals surface area contributed by atoms with Crippen LogP contribution in [0.5, 0.6) is 0 Å². The third-order valence-electron chi connectivity index (χ3n) is 1.64. The van der Waals surface area contributed by atoms with Crippen LogP contribution in [0.3, 0.4) is 0 Å². The maximum Gasteiger partial charge on any atom is 0.214 e. The first-order chi connectivity index (χ1) is 5.64. The van der Waals surface area contributed by atoms with Crippen LogP contribution in [0.2, 0.25) is 0 Å². The van der Waals surface area contributed by atoms with Crippen molar-refractivity contribution < 1.29 is 18.3 Å². The van der Waals surface area contributed by atoms with Gasteiger partial charge >= 0.3 is 0 Å². The lowest BCUT2D eigenvalue weighted by atomic mass is 10.3. The van der Waals surface area contributed by atoms with Crippen molar-refractivity contribution in [2.75, 3.05) is 25.6 Å². The second-order valence-electron chi connectivity index (χ2n) is 2.72. The van der Waals surface area contributed by atoms with E-state index in [9.17, 15) is 8.42 Å². The minimum absolute atomic E-state index is 0.110. The van der Waals surface area contributed by atoms with Crippen molar-refractivity contribution in [3.63, 3.8) is 0 Å². The summed E-state index contributed by atoms with van der Waals surface area (Å²) < 4.78 is 29.6. The van der Waals surface area contributed by atoms with Crippen molar-refractivity contribution in [2.45, 2.75) is 12.5 Å². The first kappa shape index (κ1) is 9.91. The third-order valence-corrected chi connectivity index (χ3v) is 3.05. The summed E-state index contributed by atoms with van der Waals surface area (Å²) >= 11 is 0. The van der Waals surface area contributed by atoms with Gasteiger partial charge in [-0.25, -0.2) is 13.1 Å². The van der Waals surface area contributed by atoms with Gasteiger partial charge in [0.2, 0.25) is 10.0 Å². The average Bonchev–Trinajstić information content (AvgIpc) is 2.38. The number of aliphatic hydroxyl groups is 1. The van der Waals surface area contributed by atoms with E-state index in [-0.39, 0.29) is 18.4 Å². The Balaban J connectivity index is 2.38. The van der Waals surface area contributed by atoms with Crippen LogP contribution in [-0.4, -0.2) is 45.1 Å². The molecule has 12 heavy (non-hydrogen) atoms. The summed E-state index contributed by atoms with van der Waals surface area (Å²) in [6.45, 7) is 0.694. The molecule has 0 spiro atoms. The minimum Gasteiger partial charge on any atom is -0.395 e. The van der Waals surface area contributed by atoms with Gasteiger partial charge < -0.3 is 9.84 Å². The van der Waals surface area contributed by atoms with Gasteiger partial charge in [0.15, 0.2) is 0 Å². The summed E-state index contributed by atoms with van der Waals surface area (Å²) in [5, 5.41) is 8.43. The van der Waals surface area contributed by atoms with Crippen molar-refractivity contribution in [3.8, 4) is 0 Å². The van der Waals surface area contributed by atoms with E-state index < -0.39 is 10.0 Å². The summed E-state index contributed by atoms with van der Waals surface area (Å²) in [7, 11) is -3.30. The van der Waals surface area contributed by atoms with Gasteiger partial charge in [-0.1, -0.05) is 0 Å². The first-order valence-corrected chi connectivity index (χ1v) is 5.48. The number of sulfonamides is 1. The normalized spacial score (nSPS) is 24.6. The largest absolute Gasteiger partial charge is 0.395 e. The molecule has 0 saturated carbocycles. The molecular weight excluding hydrogens is 182 g/mol. The van der Waals surface area contributed by atoms with Crippen LogP contribution >= 0.6 is 0 Å². The second kappa shape index (κ2) is 4.18. The van der Waals surface area contributed by atoms with Gasteiger partial charge in [0.1, 0.15) is 0 Å². The molecule has 0 amide bonds. The number of hydrogen-bond acceptors (Lipinski definition) is 4. The van der Waals surface area contributed by atoms with Crippen molar-refractivity contribution in [3.05, 3.63) is 0 Å². The van der Waals surface area contributed by atoms with Gasteiger partial charge in [-0.05, 0) is 6.42 Å². The molecular formula is C6H13NO4S. The average molecular weight is 195 g/mol. The van der Waals surface area contributed by atoms with Crippen LogP contribution in [-0.2, 0) is 14.8 Å². The highest BCUT2D eigenvalue weighted by Gasteiger charge is 2.21. The fourth-order valence-electron chi connectivity index (χ4n) is 1.06. The van der Waals surface area contributed by atoms with E-state index in [4.69, 9.17) is 9.84 Å². The van der Waals surface area contributed by atoms with E-state index in [2.05, 4.69) is 4.72 Å². The van der Waals surface area contributed by atoms with Gasteiger partial charge in [-0.2, -0.15) is 0 Å². The van der Waals surface area contributed by atoms with Gasteiger partial charge in [0.25, 0.3) is 0 Å². The van der Waals surface area contributed by atoms with Crippen molar-refractivity contribution >= 4 is 10.0 Å². The summed E-state index contributed by atoms with van der Waals surface area (Å²) in [6, 6.07) is -0.110. The maximum absolute atomic E-state index is 11.1. The number of aliphatic hydroxyl groups excluding tert-OH is 1. The van der Waals surface area contributed by atoms with Crippen LogP contribution in [0.15, 0.2) is 0 Å². The van der Waals surface area contributed by atoms with Crippen molar-refractivity contribution in [1.82, 2.24) is 4.72 Å². The zero-order valence-corrected chi connectivity index (χ0v) is 7.51. The zero-order valence-electron chi connectivity index (χ0n) is 6.69. The molecule has 1 fully saturated rings. The van der Waals surface area contributed by atoms with Crippen LogP contribution in [0.4, 0.5) is 0 Å². The fourth-order valence-corrected chi connectivity index (χ4v) is 2.11. The molecule has 1 heterocycles. The van der Waals surface area contributed by atoms with Crippen molar-refractivity contribution in [2.24, 2.45) is 0 Å². The van der Waals surface area contributed by atoms with Crippen molar-refractivity contribution in [1.29, 1.82) is 0 Å². The third kappa shape index (κ3) is 3.06. The summed E-state index contributed by atoms with van der Waals surface area (Å²) in [6.07, 6.45) is 0.713. The zero-order chi connectivity index (χ0) is 9.03. The highest BCUT2D eigenvalue weighted by molar-refractivity contribution is 7.89. The van der Waals surface area contributed by atoms with E-state index >= 15 is 0 Å². The lowest BCUT2D eigenvalue weighted by Crippen LogP contribution is -2.37. The molecule has 2 N–H and O–H groups in total. The Morgan fingerprint density at radius 3 is 2.83 bits per heavy atom. The minimum atomic E-state index is -3.30. The number of rotatable bonds is 4. The molecule has 5 nitrogen and oxygen atoms in total. The molecule has 6 heteroatoms. The molecule has 0 aromatic carbocycles. The molecule has 1 aliphatic heterocycles. The Morgan fingerprint density at radius 1 is 1.58 bits per heavy atom. The lowest BCUT2D eigenvalue weighted by Gasteiger charge is -2.09.